The third-order valence-electron chi connectivity index (χ3n) is 3.71. The molecular formula is C17H22N2O2. The Hall–Kier alpha value is -2.10. The smallest absolute Gasteiger partial charge is 0.339 e. The van der Waals surface area contributed by atoms with E-state index in [9.17, 15) is 9.90 Å². The molecule has 0 bridgehead atoms. The van der Waals surface area contributed by atoms with Crippen LogP contribution in [0.25, 0.3) is 11.3 Å². The molecular weight excluding hydrogens is 264 g/mol. The first-order chi connectivity index (χ1) is 9.88. The summed E-state index contributed by atoms with van der Waals surface area (Å²) in [6.07, 6.45) is 2.61. The van der Waals surface area contributed by atoms with E-state index in [2.05, 4.69) is 18.9 Å². The normalized spacial score (nSPS) is 11.1. The molecule has 0 aliphatic heterocycles. The number of nitrogens with zero attached hydrogens (tertiary/aromatic N) is 2. The van der Waals surface area contributed by atoms with Crippen molar-refractivity contribution in [1.82, 2.24) is 9.78 Å². The van der Waals surface area contributed by atoms with E-state index in [1.807, 2.05) is 32.0 Å². The first kappa shape index (κ1) is 15.3. The summed E-state index contributed by atoms with van der Waals surface area (Å²) >= 11 is 0. The van der Waals surface area contributed by atoms with Gasteiger partial charge in [0.25, 0.3) is 0 Å². The molecule has 1 N–H and O–H groups in total. The van der Waals surface area contributed by atoms with Crippen molar-refractivity contribution in [1.29, 1.82) is 0 Å². The number of carboxylic acids is 1. The fraction of sp³-hybridized carbons (Fsp3) is 0.412. The zero-order valence-corrected chi connectivity index (χ0v) is 13.1. The maximum Gasteiger partial charge on any atom is 0.339 e. The van der Waals surface area contributed by atoms with Gasteiger partial charge in [-0.2, -0.15) is 5.10 Å². The fourth-order valence-electron chi connectivity index (χ4n) is 2.18. The Morgan fingerprint density at radius 2 is 2.00 bits per heavy atom. The molecule has 0 spiro atoms. The van der Waals surface area contributed by atoms with Gasteiger partial charge in [0.15, 0.2) is 0 Å². The number of rotatable bonds is 5. The Balaban J connectivity index is 2.41. The largest absolute Gasteiger partial charge is 0.478 e. The Morgan fingerprint density at radius 1 is 1.29 bits per heavy atom. The van der Waals surface area contributed by atoms with E-state index in [-0.39, 0.29) is 5.56 Å². The molecule has 1 heterocycles. The van der Waals surface area contributed by atoms with Gasteiger partial charge in [0.1, 0.15) is 11.3 Å². The number of carbonyl (C=O) groups is 1. The van der Waals surface area contributed by atoms with E-state index in [1.54, 1.807) is 10.9 Å². The number of benzene rings is 1. The highest BCUT2D eigenvalue weighted by Gasteiger charge is 2.17. The van der Waals surface area contributed by atoms with Crippen molar-refractivity contribution in [3.8, 4) is 11.3 Å². The van der Waals surface area contributed by atoms with Crippen LogP contribution in [-0.2, 0) is 6.54 Å². The van der Waals surface area contributed by atoms with E-state index in [0.717, 1.165) is 24.1 Å². The highest BCUT2D eigenvalue weighted by atomic mass is 16.4. The summed E-state index contributed by atoms with van der Waals surface area (Å²) in [5.41, 5.74) is 4.01. The lowest BCUT2D eigenvalue weighted by molar-refractivity contribution is 0.0697. The van der Waals surface area contributed by atoms with Crippen LogP contribution in [-0.4, -0.2) is 20.9 Å². The van der Waals surface area contributed by atoms with Gasteiger partial charge in [-0.1, -0.05) is 26.0 Å². The Kier molecular flexibility index (Phi) is 4.46. The van der Waals surface area contributed by atoms with Gasteiger partial charge in [-0.15, -0.1) is 0 Å². The van der Waals surface area contributed by atoms with E-state index in [1.165, 1.54) is 5.56 Å². The minimum absolute atomic E-state index is 0.266. The summed E-state index contributed by atoms with van der Waals surface area (Å²) in [5.74, 6) is -0.369. The van der Waals surface area contributed by atoms with Crippen molar-refractivity contribution in [2.24, 2.45) is 5.92 Å². The Morgan fingerprint density at radius 3 is 2.57 bits per heavy atom. The van der Waals surface area contributed by atoms with Gasteiger partial charge in [0, 0.05) is 18.3 Å². The summed E-state index contributed by atoms with van der Waals surface area (Å²) < 4.78 is 1.74. The van der Waals surface area contributed by atoms with Crippen LogP contribution in [0.15, 0.2) is 24.4 Å². The second-order valence-corrected chi connectivity index (χ2v) is 5.94. The van der Waals surface area contributed by atoms with Crippen LogP contribution < -0.4 is 0 Å². The number of carboxylic acid groups (broad SMARTS) is 1. The summed E-state index contributed by atoms with van der Waals surface area (Å²) in [6, 6.07) is 5.93. The van der Waals surface area contributed by atoms with Crippen molar-refractivity contribution in [3.63, 3.8) is 0 Å². The first-order valence-electron chi connectivity index (χ1n) is 7.27. The van der Waals surface area contributed by atoms with Gasteiger partial charge in [0.2, 0.25) is 0 Å². The molecule has 0 aliphatic rings. The van der Waals surface area contributed by atoms with E-state index >= 15 is 0 Å². The highest BCUT2D eigenvalue weighted by molar-refractivity contribution is 5.94. The van der Waals surface area contributed by atoms with Crippen molar-refractivity contribution in [3.05, 3.63) is 41.1 Å². The predicted molar refractivity (Wildman–Crippen MR) is 83.6 cm³/mol. The standard InChI is InChI=1S/C17H22N2O2/c1-11(2)7-8-19-10-15(17(20)21)16(18-19)14-6-5-12(3)13(4)9-14/h5-6,9-11H,7-8H2,1-4H3,(H,20,21). The topological polar surface area (TPSA) is 55.1 Å². The molecule has 0 aliphatic carbocycles. The van der Waals surface area contributed by atoms with Crippen molar-refractivity contribution in [2.75, 3.05) is 0 Å². The van der Waals surface area contributed by atoms with Crippen LogP contribution in [0.4, 0.5) is 0 Å². The van der Waals surface area contributed by atoms with E-state index in [4.69, 9.17) is 0 Å². The van der Waals surface area contributed by atoms with E-state index < -0.39 is 5.97 Å². The predicted octanol–water partition coefficient (Wildman–Crippen LogP) is 3.91. The Bertz CT molecular complexity index is 657. The van der Waals surface area contributed by atoms with Crippen molar-refractivity contribution >= 4 is 5.97 Å². The van der Waals surface area contributed by atoms with Crippen molar-refractivity contribution < 1.29 is 9.90 Å². The molecule has 112 valence electrons. The Labute approximate surface area is 125 Å². The first-order valence-corrected chi connectivity index (χ1v) is 7.27. The SMILES string of the molecule is Cc1ccc(-c2nn(CCC(C)C)cc2C(=O)O)cc1C. The highest BCUT2D eigenvalue weighted by Crippen LogP contribution is 2.24. The number of aryl methyl sites for hydroxylation is 3. The second kappa shape index (κ2) is 6.12. The van der Waals surface area contributed by atoms with E-state index in [0.29, 0.717) is 11.6 Å². The van der Waals surface area contributed by atoms with Gasteiger partial charge in [-0.3, -0.25) is 4.68 Å². The summed E-state index contributed by atoms with van der Waals surface area (Å²) in [6.45, 7) is 9.09. The number of hydrogen-bond donors (Lipinski definition) is 1. The van der Waals surface area contributed by atoms with Crippen LogP contribution >= 0.6 is 0 Å². The van der Waals surface area contributed by atoms with Gasteiger partial charge in [-0.05, 0) is 43.4 Å². The second-order valence-electron chi connectivity index (χ2n) is 5.94. The molecule has 0 saturated carbocycles. The minimum atomic E-state index is -0.931. The number of aromatic nitrogens is 2. The van der Waals surface area contributed by atoms with Gasteiger partial charge in [-0.25, -0.2) is 4.79 Å². The molecule has 0 amide bonds. The quantitative estimate of drug-likeness (QED) is 0.906. The minimum Gasteiger partial charge on any atom is -0.478 e. The molecule has 0 saturated heterocycles. The average molecular weight is 286 g/mol. The van der Waals surface area contributed by atoms with Crippen LogP contribution in [0, 0.1) is 19.8 Å². The molecule has 4 heteroatoms. The molecule has 0 radical (unpaired) electrons. The third-order valence-corrected chi connectivity index (χ3v) is 3.71. The maximum absolute atomic E-state index is 11.4. The maximum atomic E-state index is 11.4. The summed E-state index contributed by atoms with van der Waals surface area (Å²) in [5, 5.41) is 13.9. The lowest BCUT2D eigenvalue weighted by atomic mass is 10.0. The third kappa shape index (κ3) is 3.51. The van der Waals surface area contributed by atoms with Crippen LogP contribution in [0.1, 0.15) is 41.8 Å². The lowest BCUT2D eigenvalue weighted by Gasteiger charge is -2.05. The average Bonchev–Trinajstić information content (AvgIpc) is 2.84. The lowest BCUT2D eigenvalue weighted by Crippen LogP contribution is -2.02. The molecule has 2 rings (SSSR count). The van der Waals surface area contributed by atoms with Crippen molar-refractivity contribution in [2.45, 2.75) is 40.7 Å². The van der Waals surface area contributed by atoms with Gasteiger partial charge >= 0.3 is 5.97 Å². The monoisotopic (exact) mass is 286 g/mol. The molecule has 0 unspecified atom stereocenters. The molecule has 1 aromatic carbocycles. The van der Waals surface area contributed by atoms with Crippen LogP contribution in [0.2, 0.25) is 0 Å². The molecule has 4 nitrogen and oxygen atoms in total. The molecule has 0 fully saturated rings. The molecule has 21 heavy (non-hydrogen) atoms. The summed E-state index contributed by atoms with van der Waals surface area (Å²) in [7, 11) is 0. The molecule has 0 atom stereocenters. The molecule has 1 aromatic heterocycles. The van der Waals surface area contributed by atoms with Crippen LogP contribution in [0.5, 0.6) is 0 Å². The zero-order valence-electron chi connectivity index (χ0n) is 13.1. The number of hydrogen-bond acceptors (Lipinski definition) is 2. The van der Waals surface area contributed by atoms with Gasteiger partial charge in [0.05, 0.1) is 0 Å². The zero-order chi connectivity index (χ0) is 15.6. The number of aromatic carboxylic acids is 1. The fourth-order valence-corrected chi connectivity index (χ4v) is 2.18. The van der Waals surface area contributed by atoms with Crippen LogP contribution in [0.3, 0.4) is 0 Å². The van der Waals surface area contributed by atoms with Gasteiger partial charge < -0.3 is 5.11 Å². The summed E-state index contributed by atoms with van der Waals surface area (Å²) in [4.78, 5) is 11.4. The molecule has 2 aromatic rings.